The molecular weight excluding hydrogens is 202 g/mol. The Morgan fingerprint density at radius 1 is 1.50 bits per heavy atom. The molecule has 0 aromatic heterocycles. The molecule has 0 aromatic carbocycles. The number of rotatable bonds is 3. The Morgan fingerprint density at radius 2 is 2.21 bits per heavy atom. The summed E-state index contributed by atoms with van der Waals surface area (Å²) in [5.41, 5.74) is 0. The summed E-state index contributed by atoms with van der Waals surface area (Å²) in [5, 5.41) is 8.89. The van der Waals surface area contributed by atoms with Crippen LogP contribution in [0.3, 0.4) is 0 Å². The van der Waals surface area contributed by atoms with Gasteiger partial charge in [-0.1, -0.05) is 6.08 Å². The summed E-state index contributed by atoms with van der Waals surface area (Å²) in [7, 11) is -0.779. The van der Waals surface area contributed by atoms with Crippen molar-refractivity contribution in [2.24, 2.45) is 0 Å². The van der Waals surface area contributed by atoms with Gasteiger partial charge in [-0.25, -0.2) is 0 Å². The lowest BCUT2D eigenvalue weighted by Crippen LogP contribution is -2.41. The maximum Gasteiger partial charge on any atom is 0.324 e. The molecule has 4 nitrogen and oxygen atoms in total. The first-order valence-electron chi connectivity index (χ1n) is 4.59. The summed E-state index contributed by atoms with van der Waals surface area (Å²) in [6, 6.07) is -0.634. The molecule has 1 fully saturated rings. The Hall–Kier alpha value is -0.680. The Kier molecular flexibility index (Phi) is 4.28. The molecule has 0 aliphatic carbocycles. The first-order chi connectivity index (χ1) is 6.65. The van der Waals surface area contributed by atoms with E-state index in [-0.39, 0.29) is 0 Å². The van der Waals surface area contributed by atoms with Crippen LogP contribution in [0.15, 0.2) is 12.7 Å². The lowest BCUT2D eigenvalue weighted by atomic mass is 10.2. The van der Waals surface area contributed by atoms with Crippen molar-refractivity contribution in [1.29, 1.82) is 0 Å². The number of carboxylic acids is 1. The molecule has 1 aliphatic heterocycles. The lowest BCUT2D eigenvalue weighted by molar-refractivity contribution is -0.141. The van der Waals surface area contributed by atoms with Gasteiger partial charge in [0.05, 0.1) is 0 Å². The average Bonchev–Trinajstić information content (AvgIpc) is 2.32. The van der Waals surface area contributed by atoms with E-state index in [1.54, 1.807) is 0 Å². The van der Waals surface area contributed by atoms with E-state index in [4.69, 9.17) is 5.11 Å². The molecule has 0 radical (unpaired) electrons. The van der Waals surface area contributed by atoms with Crippen molar-refractivity contribution in [3.63, 3.8) is 0 Å². The standard InChI is InChI=1S/C9H15NO3S/c1-2-8(9(11)12)10-4-3-6-14(13)7-5-10/h2,8H,1,3-7H2,(H,11,12). The Labute approximate surface area is 86.1 Å². The molecule has 80 valence electrons. The van der Waals surface area contributed by atoms with Gasteiger partial charge in [0.1, 0.15) is 6.04 Å². The maximum atomic E-state index is 11.2. The normalized spacial score (nSPS) is 26.4. The van der Waals surface area contributed by atoms with Crippen LogP contribution in [0.4, 0.5) is 0 Å². The zero-order valence-corrected chi connectivity index (χ0v) is 8.83. The number of aliphatic carboxylic acids is 1. The van der Waals surface area contributed by atoms with Gasteiger partial charge in [-0.15, -0.1) is 6.58 Å². The first kappa shape index (κ1) is 11.4. The van der Waals surface area contributed by atoms with E-state index in [0.717, 1.165) is 6.42 Å². The number of nitrogens with zero attached hydrogens (tertiary/aromatic N) is 1. The van der Waals surface area contributed by atoms with Crippen LogP contribution in [-0.4, -0.2) is 50.8 Å². The molecular formula is C9H15NO3S. The van der Waals surface area contributed by atoms with Crippen molar-refractivity contribution < 1.29 is 14.1 Å². The topological polar surface area (TPSA) is 57.6 Å². The molecule has 0 bridgehead atoms. The molecule has 0 saturated carbocycles. The van der Waals surface area contributed by atoms with Crippen LogP contribution >= 0.6 is 0 Å². The number of carbonyl (C=O) groups is 1. The quantitative estimate of drug-likeness (QED) is 0.680. The highest BCUT2D eigenvalue weighted by molar-refractivity contribution is 7.85. The van der Waals surface area contributed by atoms with Crippen molar-refractivity contribution in [3.8, 4) is 0 Å². The maximum absolute atomic E-state index is 11.2. The fourth-order valence-electron chi connectivity index (χ4n) is 1.55. The van der Waals surface area contributed by atoms with Gasteiger partial charge in [0.25, 0.3) is 0 Å². The molecule has 1 saturated heterocycles. The SMILES string of the molecule is C=CC(C(=O)O)N1CCCS(=O)CC1. The number of hydrogen-bond donors (Lipinski definition) is 1. The van der Waals surface area contributed by atoms with Crippen LogP contribution in [0.1, 0.15) is 6.42 Å². The van der Waals surface area contributed by atoms with Crippen molar-refractivity contribution in [2.75, 3.05) is 24.6 Å². The van der Waals surface area contributed by atoms with Gasteiger partial charge in [0.2, 0.25) is 0 Å². The predicted molar refractivity (Wildman–Crippen MR) is 55.7 cm³/mol. The summed E-state index contributed by atoms with van der Waals surface area (Å²) in [4.78, 5) is 12.7. The van der Waals surface area contributed by atoms with Gasteiger partial charge in [0.15, 0.2) is 0 Å². The van der Waals surface area contributed by atoms with E-state index < -0.39 is 22.8 Å². The highest BCUT2D eigenvalue weighted by atomic mass is 32.2. The third-order valence-electron chi connectivity index (χ3n) is 2.29. The van der Waals surface area contributed by atoms with Crippen molar-refractivity contribution >= 4 is 16.8 Å². The summed E-state index contributed by atoms with van der Waals surface area (Å²) >= 11 is 0. The average molecular weight is 217 g/mol. The Morgan fingerprint density at radius 3 is 2.79 bits per heavy atom. The van der Waals surface area contributed by atoms with Crippen LogP contribution in [0.2, 0.25) is 0 Å². The fraction of sp³-hybridized carbons (Fsp3) is 0.667. The number of carboxylic acid groups (broad SMARTS) is 1. The van der Waals surface area contributed by atoms with Gasteiger partial charge in [0, 0.05) is 35.4 Å². The summed E-state index contributed by atoms with van der Waals surface area (Å²) < 4.78 is 11.2. The van der Waals surface area contributed by atoms with Crippen molar-refractivity contribution in [3.05, 3.63) is 12.7 Å². The van der Waals surface area contributed by atoms with E-state index >= 15 is 0 Å². The minimum Gasteiger partial charge on any atom is -0.480 e. The molecule has 1 rings (SSSR count). The largest absolute Gasteiger partial charge is 0.480 e. The molecule has 1 heterocycles. The second-order valence-corrected chi connectivity index (χ2v) is 4.95. The summed E-state index contributed by atoms with van der Waals surface area (Å²) in [5.74, 6) is 0.366. The summed E-state index contributed by atoms with van der Waals surface area (Å²) in [6.07, 6.45) is 2.22. The molecule has 14 heavy (non-hydrogen) atoms. The van der Waals surface area contributed by atoms with Gasteiger partial charge in [-0.3, -0.25) is 13.9 Å². The van der Waals surface area contributed by atoms with Gasteiger partial charge in [-0.05, 0) is 6.42 Å². The zero-order chi connectivity index (χ0) is 10.6. The van der Waals surface area contributed by atoms with E-state index in [1.165, 1.54) is 6.08 Å². The van der Waals surface area contributed by atoms with Gasteiger partial charge < -0.3 is 5.11 Å². The van der Waals surface area contributed by atoms with Crippen LogP contribution in [0.25, 0.3) is 0 Å². The Bertz CT molecular complexity index is 254. The van der Waals surface area contributed by atoms with E-state index in [9.17, 15) is 9.00 Å². The molecule has 0 spiro atoms. The molecule has 0 aromatic rings. The number of hydrogen-bond acceptors (Lipinski definition) is 3. The highest BCUT2D eigenvalue weighted by Gasteiger charge is 2.24. The lowest BCUT2D eigenvalue weighted by Gasteiger charge is -2.23. The monoisotopic (exact) mass is 217 g/mol. The van der Waals surface area contributed by atoms with Crippen LogP contribution in [-0.2, 0) is 15.6 Å². The third kappa shape index (κ3) is 2.92. The van der Waals surface area contributed by atoms with E-state index in [2.05, 4.69) is 6.58 Å². The second kappa shape index (κ2) is 5.26. The summed E-state index contributed by atoms with van der Waals surface area (Å²) in [6.45, 7) is 4.78. The molecule has 1 aliphatic rings. The molecule has 2 unspecified atom stereocenters. The zero-order valence-electron chi connectivity index (χ0n) is 8.02. The minimum atomic E-state index is -0.882. The Balaban J connectivity index is 2.61. The van der Waals surface area contributed by atoms with Gasteiger partial charge >= 0.3 is 5.97 Å². The van der Waals surface area contributed by atoms with E-state index in [0.29, 0.717) is 24.6 Å². The first-order valence-corrected chi connectivity index (χ1v) is 6.08. The third-order valence-corrected chi connectivity index (χ3v) is 3.68. The predicted octanol–water partition coefficient (Wildman–Crippen LogP) is 0.0800. The van der Waals surface area contributed by atoms with Crippen molar-refractivity contribution in [2.45, 2.75) is 12.5 Å². The fourth-order valence-corrected chi connectivity index (χ4v) is 2.64. The van der Waals surface area contributed by atoms with Crippen molar-refractivity contribution in [1.82, 2.24) is 4.90 Å². The smallest absolute Gasteiger partial charge is 0.324 e. The van der Waals surface area contributed by atoms with Gasteiger partial charge in [-0.2, -0.15) is 0 Å². The van der Waals surface area contributed by atoms with Crippen LogP contribution in [0.5, 0.6) is 0 Å². The van der Waals surface area contributed by atoms with Crippen LogP contribution < -0.4 is 0 Å². The minimum absolute atomic E-state index is 0.567. The second-order valence-electron chi connectivity index (χ2n) is 3.26. The molecule has 0 amide bonds. The van der Waals surface area contributed by atoms with Crippen LogP contribution in [0, 0.1) is 0 Å². The van der Waals surface area contributed by atoms with E-state index in [1.807, 2.05) is 4.90 Å². The highest BCUT2D eigenvalue weighted by Crippen LogP contribution is 2.07. The molecule has 5 heteroatoms. The molecule has 1 N–H and O–H groups in total. The molecule has 2 atom stereocenters.